The number of anilines is 1. The number of thiocarbonyl (C=S) groups is 1. The molecule has 0 aliphatic rings. The summed E-state index contributed by atoms with van der Waals surface area (Å²) in [6, 6.07) is 13.5. The second-order valence-electron chi connectivity index (χ2n) is 4.70. The zero-order valence-corrected chi connectivity index (χ0v) is 12.7. The summed E-state index contributed by atoms with van der Waals surface area (Å²) in [4.78, 5) is 11.8. The maximum absolute atomic E-state index is 12.5. The quantitative estimate of drug-likeness (QED) is 0.837. The summed E-state index contributed by atoms with van der Waals surface area (Å²) in [6.07, 6.45) is -4.41. The van der Waals surface area contributed by atoms with Gasteiger partial charge in [0.25, 0.3) is 5.91 Å². The van der Waals surface area contributed by atoms with Crippen molar-refractivity contribution in [1.82, 2.24) is 5.32 Å². The van der Waals surface area contributed by atoms with E-state index in [0.717, 1.165) is 17.7 Å². The summed E-state index contributed by atoms with van der Waals surface area (Å²) in [5.74, 6) is -0.573. The maximum Gasteiger partial charge on any atom is 0.416 e. The largest absolute Gasteiger partial charge is 0.416 e. The van der Waals surface area contributed by atoms with Gasteiger partial charge in [-0.25, -0.2) is 0 Å². The van der Waals surface area contributed by atoms with E-state index >= 15 is 0 Å². The van der Waals surface area contributed by atoms with Crippen LogP contribution in [0.1, 0.15) is 11.1 Å². The van der Waals surface area contributed by atoms with Gasteiger partial charge in [0.2, 0.25) is 0 Å². The number of alkyl halides is 3. The Balaban J connectivity index is 1.89. The van der Waals surface area contributed by atoms with Gasteiger partial charge in [0, 0.05) is 12.2 Å². The summed E-state index contributed by atoms with van der Waals surface area (Å²) < 4.78 is 37.4. The number of rotatable bonds is 3. The average molecular weight is 338 g/mol. The van der Waals surface area contributed by atoms with Crippen molar-refractivity contribution in [2.24, 2.45) is 0 Å². The smallest absolute Gasteiger partial charge is 0.368 e. The van der Waals surface area contributed by atoms with Crippen LogP contribution in [-0.2, 0) is 17.5 Å². The first-order valence-corrected chi connectivity index (χ1v) is 7.07. The van der Waals surface area contributed by atoms with Crippen LogP contribution in [0.2, 0.25) is 0 Å². The van der Waals surface area contributed by atoms with E-state index in [9.17, 15) is 18.0 Å². The summed E-state index contributed by atoms with van der Waals surface area (Å²) in [5, 5.41) is 5.24. The Morgan fingerprint density at radius 2 is 1.61 bits per heavy atom. The Kier molecular flexibility index (Phi) is 5.33. The number of carbonyl (C=O) groups is 1. The predicted octanol–water partition coefficient (Wildman–Crippen LogP) is 3.76. The average Bonchev–Trinajstić information content (AvgIpc) is 2.53. The van der Waals surface area contributed by atoms with Crippen molar-refractivity contribution in [3.8, 4) is 0 Å². The third kappa shape index (κ3) is 5.07. The first-order valence-electron chi connectivity index (χ1n) is 6.66. The van der Waals surface area contributed by atoms with E-state index in [2.05, 4.69) is 10.6 Å². The Morgan fingerprint density at radius 3 is 2.17 bits per heavy atom. The molecule has 0 radical (unpaired) electrons. The highest BCUT2D eigenvalue weighted by atomic mass is 32.1. The molecule has 2 aromatic rings. The minimum atomic E-state index is -4.41. The molecule has 1 amide bonds. The zero-order valence-electron chi connectivity index (χ0n) is 11.9. The van der Waals surface area contributed by atoms with Crippen molar-refractivity contribution in [2.45, 2.75) is 12.7 Å². The normalized spacial score (nSPS) is 10.9. The molecule has 0 aliphatic heterocycles. The molecule has 0 bridgehead atoms. The van der Waals surface area contributed by atoms with Crippen LogP contribution < -0.4 is 10.6 Å². The molecule has 23 heavy (non-hydrogen) atoms. The Labute approximate surface area is 136 Å². The molecule has 3 nitrogen and oxygen atoms in total. The molecule has 7 heteroatoms. The minimum absolute atomic E-state index is 0.0336. The van der Waals surface area contributed by atoms with Crippen LogP contribution in [0, 0.1) is 0 Å². The monoisotopic (exact) mass is 338 g/mol. The summed E-state index contributed by atoms with van der Waals surface area (Å²) in [7, 11) is 0. The predicted molar refractivity (Wildman–Crippen MR) is 86.0 cm³/mol. The highest BCUT2D eigenvalue weighted by Gasteiger charge is 2.30. The van der Waals surface area contributed by atoms with E-state index in [1.165, 1.54) is 12.1 Å². The van der Waals surface area contributed by atoms with Gasteiger partial charge in [-0.1, -0.05) is 42.5 Å². The first kappa shape index (κ1) is 17.0. The molecule has 0 aromatic heterocycles. The molecule has 2 rings (SSSR count). The Bertz CT molecular complexity index is 685. The molecule has 0 saturated carbocycles. The number of amides is 1. The van der Waals surface area contributed by atoms with Gasteiger partial charge in [-0.2, -0.15) is 13.2 Å². The highest BCUT2D eigenvalue weighted by molar-refractivity contribution is 7.82. The number of halogens is 3. The fourth-order valence-corrected chi connectivity index (χ4v) is 1.91. The van der Waals surface area contributed by atoms with Crippen LogP contribution in [0.3, 0.4) is 0 Å². The van der Waals surface area contributed by atoms with Gasteiger partial charge in [0.15, 0.2) is 4.99 Å². The standard InChI is InChI=1S/C16H13F3N2OS/c17-16(18,19)12-6-8-13(9-7-12)21-14(22)15(23)20-10-11-4-2-1-3-5-11/h1-9H,10H2,(H,20,23)(H,21,22). The van der Waals surface area contributed by atoms with Gasteiger partial charge >= 0.3 is 6.18 Å². The number of hydrogen-bond acceptors (Lipinski definition) is 2. The molecule has 0 spiro atoms. The van der Waals surface area contributed by atoms with Crippen LogP contribution in [0.15, 0.2) is 54.6 Å². The van der Waals surface area contributed by atoms with Gasteiger partial charge in [-0.05, 0) is 29.8 Å². The Morgan fingerprint density at radius 1 is 1.00 bits per heavy atom. The van der Waals surface area contributed by atoms with Crippen molar-refractivity contribution in [3.63, 3.8) is 0 Å². The Hall–Kier alpha value is -2.41. The topological polar surface area (TPSA) is 41.1 Å². The van der Waals surface area contributed by atoms with Crippen LogP contribution in [0.4, 0.5) is 18.9 Å². The van der Waals surface area contributed by atoms with E-state index < -0.39 is 17.6 Å². The van der Waals surface area contributed by atoms with Crippen molar-refractivity contribution in [3.05, 3.63) is 65.7 Å². The second kappa shape index (κ2) is 7.23. The van der Waals surface area contributed by atoms with Crippen molar-refractivity contribution in [1.29, 1.82) is 0 Å². The second-order valence-corrected chi connectivity index (χ2v) is 5.11. The highest BCUT2D eigenvalue weighted by Crippen LogP contribution is 2.29. The van der Waals surface area contributed by atoms with Gasteiger partial charge < -0.3 is 10.6 Å². The SMILES string of the molecule is O=C(Nc1ccc(C(F)(F)F)cc1)C(=S)NCc1ccccc1. The molecule has 0 aliphatic carbocycles. The lowest BCUT2D eigenvalue weighted by atomic mass is 10.2. The summed E-state index contributed by atoms with van der Waals surface area (Å²) in [5.41, 5.74) is 0.421. The van der Waals surface area contributed by atoms with Gasteiger partial charge in [-0.3, -0.25) is 4.79 Å². The molecule has 0 fully saturated rings. The fraction of sp³-hybridized carbons (Fsp3) is 0.125. The number of hydrogen-bond donors (Lipinski definition) is 2. The van der Waals surface area contributed by atoms with Crippen molar-refractivity contribution in [2.75, 3.05) is 5.32 Å². The van der Waals surface area contributed by atoms with E-state index in [-0.39, 0.29) is 10.7 Å². The minimum Gasteiger partial charge on any atom is -0.368 e. The molecule has 0 saturated heterocycles. The van der Waals surface area contributed by atoms with Gasteiger partial charge in [0.05, 0.1) is 5.56 Å². The first-order chi connectivity index (χ1) is 10.9. The number of nitrogens with one attached hydrogen (secondary N) is 2. The molecule has 0 heterocycles. The van der Waals surface area contributed by atoms with Crippen molar-refractivity contribution >= 4 is 28.8 Å². The third-order valence-corrected chi connectivity index (χ3v) is 3.30. The van der Waals surface area contributed by atoms with Gasteiger partial charge in [0.1, 0.15) is 0 Å². The lowest BCUT2D eigenvalue weighted by molar-refractivity contribution is -0.137. The lowest BCUT2D eigenvalue weighted by Crippen LogP contribution is -2.33. The fourth-order valence-electron chi connectivity index (χ4n) is 1.79. The van der Waals surface area contributed by atoms with Crippen LogP contribution in [0.5, 0.6) is 0 Å². The molecule has 120 valence electrons. The summed E-state index contributed by atoms with van der Waals surface area (Å²) in [6.45, 7) is 0.389. The van der Waals surface area contributed by atoms with Crippen LogP contribution >= 0.6 is 12.2 Å². The van der Waals surface area contributed by atoms with E-state index in [4.69, 9.17) is 12.2 Å². The van der Waals surface area contributed by atoms with Crippen LogP contribution in [-0.4, -0.2) is 10.9 Å². The molecule has 2 aromatic carbocycles. The molecule has 0 unspecified atom stereocenters. The maximum atomic E-state index is 12.5. The van der Waals surface area contributed by atoms with Crippen molar-refractivity contribution < 1.29 is 18.0 Å². The zero-order chi connectivity index (χ0) is 16.9. The summed E-state index contributed by atoms with van der Waals surface area (Å²) >= 11 is 4.96. The lowest BCUT2D eigenvalue weighted by Gasteiger charge is -2.10. The number of benzene rings is 2. The third-order valence-electron chi connectivity index (χ3n) is 2.97. The molecule has 2 N–H and O–H groups in total. The van der Waals surface area contributed by atoms with Gasteiger partial charge in [-0.15, -0.1) is 0 Å². The molecule has 0 atom stereocenters. The van der Waals surface area contributed by atoms with E-state index in [1.807, 2.05) is 30.3 Å². The number of carbonyl (C=O) groups excluding carboxylic acids is 1. The van der Waals surface area contributed by atoms with E-state index in [1.54, 1.807) is 0 Å². The molecular weight excluding hydrogens is 325 g/mol. The van der Waals surface area contributed by atoms with E-state index in [0.29, 0.717) is 6.54 Å². The molecular formula is C16H13F3N2OS. The van der Waals surface area contributed by atoms with Crippen LogP contribution in [0.25, 0.3) is 0 Å².